The number of nitrogens with one attached hydrogen (secondary N) is 1. The maximum atomic E-state index is 3.89. The number of aryl methyl sites for hydroxylation is 1. The maximum Gasteiger partial charge on any atom is 0.198 e. The molecular weight excluding hydrogens is 515 g/mol. The highest BCUT2D eigenvalue weighted by molar-refractivity contribution is 7.25. The predicted octanol–water partition coefficient (Wildman–Crippen LogP) is 8.73. The maximum absolute atomic E-state index is 3.89. The standard InChI is InChI=1S/C37H29BN2S/c1-2-3-4-11-22-20-28(24-14-9-16-27-33-26-13-6-8-19-32(26)41-37(33)39-35(24)27)34-31(21-22)40-30-18-7-5-12-23(30)25-15-10-17-29(38-34)36(25)40/h5-10,12-21,38-39H,2-4,11H2,1H3. The number of hydrogen-bond donors (Lipinski definition) is 1. The summed E-state index contributed by atoms with van der Waals surface area (Å²) in [6, 6.07) is 36.5. The smallest absolute Gasteiger partial charge is 0.198 e. The lowest BCUT2D eigenvalue weighted by Gasteiger charge is -2.25. The average Bonchev–Trinajstić information content (AvgIpc) is 3.67. The second kappa shape index (κ2) is 8.86. The minimum absolute atomic E-state index is 0.946. The Morgan fingerprint density at radius 1 is 0.756 bits per heavy atom. The summed E-state index contributed by atoms with van der Waals surface area (Å²) in [5.41, 5.74) is 12.3. The molecule has 196 valence electrons. The summed E-state index contributed by atoms with van der Waals surface area (Å²) in [4.78, 5) is 5.16. The number of nitrogens with zero attached hydrogens (tertiary/aromatic N) is 1. The van der Waals surface area contributed by atoms with Crippen LogP contribution in [0.5, 0.6) is 0 Å². The van der Waals surface area contributed by atoms with Crippen molar-refractivity contribution in [3.8, 4) is 16.8 Å². The van der Waals surface area contributed by atoms with E-state index < -0.39 is 0 Å². The zero-order valence-electron chi connectivity index (χ0n) is 23.1. The quantitative estimate of drug-likeness (QED) is 0.165. The van der Waals surface area contributed by atoms with Gasteiger partial charge in [0.1, 0.15) is 4.83 Å². The van der Waals surface area contributed by atoms with Crippen LogP contribution < -0.4 is 10.9 Å². The second-order valence-electron chi connectivity index (χ2n) is 11.6. The SMILES string of the molecule is CCCCCc1cc(-c2cccc3c2[nH]c2sc4ccccc4c23)c2c(c1)-n1c3ccccc3c3cccc(c31)B2. The Hall–Kier alpha value is -4.28. The van der Waals surface area contributed by atoms with Gasteiger partial charge in [0.15, 0.2) is 7.28 Å². The monoisotopic (exact) mass is 544 g/mol. The molecule has 4 heteroatoms. The minimum atomic E-state index is 0.946. The lowest BCUT2D eigenvalue weighted by molar-refractivity contribution is 0.717. The number of H-pyrrole nitrogens is 1. The first-order valence-electron chi connectivity index (χ1n) is 14.9. The van der Waals surface area contributed by atoms with Gasteiger partial charge in [0, 0.05) is 48.4 Å². The van der Waals surface area contributed by atoms with Crippen molar-refractivity contribution in [1.82, 2.24) is 9.55 Å². The largest absolute Gasteiger partial charge is 0.346 e. The summed E-state index contributed by atoms with van der Waals surface area (Å²) in [6.45, 7) is 2.29. The first-order valence-corrected chi connectivity index (χ1v) is 15.7. The number of hydrogen-bond acceptors (Lipinski definition) is 1. The van der Waals surface area contributed by atoms with E-state index in [1.165, 1.54) is 106 Å². The summed E-state index contributed by atoms with van der Waals surface area (Å²) in [7, 11) is 0.946. The molecule has 5 aromatic carbocycles. The third-order valence-electron chi connectivity index (χ3n) is 9.20. The lowest BCUT2D eigenvalue weighted by atomic mass is 9.59. The van der Waals surface area contributed by atoms with Crippen LogP contribution in [0.1, 0.15) is 31.7 Å². The van der Waals surface area contributed by atoms with Crippen LogP contribution in [0.25, 0.3) is 69.8 Å². The van der Waals surface area contributed by atoms with E-state index in [4.69, 9.17) is 0 Å². The summed E-state index contributed by atoms with van der Waals surface area (Å²) >= 11 is 1.87. The molecule has 0 fully saturated rings. The zero-order valence-corrected chi connectivity index (χ0v) is 23.9. The van der Waals surface area contributed by atoms with Crippen molar-refractivity contribution in [1.29, 1.82) is 0 Å². The van der Waals surface area contributed by atoms with E-state index in [-0.39, 0.29) is 0 Å². The Kier molecular flexibility index (Phi) is 5.06. The molecule has 41 heavy (non-hydrogen) atoms. The van der Waals surface area contributed by atoms with Crippen LogP contribution >= 0.6 is 11.3 Å². The first kappa shape index (κ1) is 23.4. The predicted molar refractivity (Wildman–Crippen MR) is 181 cm³/mol. The molecule has 1 N–H and O–H groups in total. The van der Waals surface area contributed by atoms with Crippen molar-refractivity contribution in [3.63, 3.8) is 0 Å². The van der Waals surface area contributed by atoms with Gasteiger partial charge in [-0.1, -0.05) is 104 Å². The van der Waals surface area contributed by atoms with Crippen LogP contribution in [0.15, 0.2) is 97.1 Å². The van der Waals surface area contributed by atoms with Gasteiger partial charge in [-0.2, -0.15) is 0 Å². The molecule has 9 rings (SSSR count). The molecule has 2 nitrogen and oxygen atoms in total. The van der Waals surface area contributed by atoms with Gasteiger partial charge >= 0.3 is 0 Å². The van der Waals surface area contributed by atoms with Gasteiger partial charge in [0.05, 0.1) is 11.0 Å². The molecule has 0 saturated carbocycles. The molecule has 0 amide bonds. The number of aromatic amines is 1. The molecule has 0 spiro atoms. The number of fused-ring (bicyclic) bond motifs is 10. The molecule has 3 aromatic heterocycles. The molecule has 0 aliphatic carbocycles. The number of benzene rings is 5. The van der Waals surface area contributed by atoms with Crippen molar-refractivity contribution < 1.29 is 0 Å². The molecule has 0 radical (unpaired) electrons. The van der Waals surface area contributed by atoms with E-state index in [0.717, 1.165) is 13.7 Å². The van der Waals surface area contributed by atoms with E-state index >= 15 is 0 Å². The van der Waals surface area contributed by atoms with Gasteiger partial charge < -0.3 is 9.55 Å². The van der Waals surface area contributed by atoms with E-state index in [1.54, 1.807) is 0 Å². The second-order valence-corrected chi connectivity index (χ2v) is 12.6. The summed E-state index contributed by atoms with van der Waals surface area (Å²) in [6.07, 6.45) is 4.84. The molecule has 1 aliphatic heterocycles. The molecule has 0 saturated heterocycles. The zero-order chi connectivity index (χ0) is 27.1. The van der Waals surface area contributed by atoms with Crippen LogP contribution in [-0.2, 0) is 6.42 Å². The fourth-order valence-corrected chi connectivity index (χ4v) is 8.49. The minimum Gasteiger partial charge on any atom is -0.346 e. The van der Waals surface area contributed by atoms with Crippen LogP contribution in [-0.4, -0.2) is 16.8 Å². The Labute approximate surface area is 243 Å². The van der Waals surface area contributed by atoms with Crippen LogP contribution in [0, 0.1) is 0 Å². The van der Waals surface area contributed by atoms with Gasteiger partial charge in [-0.05, 0) is 47.6 Å². The number of thiophene rings is 1. The highest BCUT2D eigenvalue weighted by Crippen LogP contribution is 2.42. The van der Waals surface area contributed by atoms with Gasteiger partial charge in [0.25, 0.3) is 0 Å². The van der Waals surface area contributed by atoms with E-state index in [2.05, 4.69) is 114 Å². The fraction of sp³-hybridized carbons (Fsp3) is 0.135. The number of rotatable bonds is 5. The van der Waals surface area contributed by atoms with E-state index in [1.807, 2.05) is 11.3 Å². The van der Waals surface area contributed by atoms with Gasteiger partial charge in [-0.25, -0.2) is 0 Å². The normalized spacial score (nSPS) is 12.6. The topological polar surface area (TPSA) is 20.7 Å². The third-order valence-corrected chi connectivity index (χ3v) is 10.3. The molecule has 0 bridgehead atoms. The van der Waals surface area contributed by atoms with Crippen molar-refractivity contribution >= 4 is 82.6 Å². The van der Waals surface area contributed by atoms with Gasteiger partial charge in [-0.15, -0.1) is 11.3 Å². The van der Waals surface area contributed by atoms with Crippen molar-refractivity contribution in [3.05, 3.63) is 103 Å². The van der Waals surface area contributed by atoms with Crippen LogP contribution in [0.3, 0.4) is 0 Å². The Balaban J connectivity index is 1.36. The molecule has 8 aromatic rings. The highest BCUT2D eigenvalue weighted by atomic mass is 32.1. The van der Waals surface area contributed by atoms with Gasteiger partial charge in [-0.3, -0.25) is 0 Å². The number of para-hydroxylation sites is 3. The molecule has 4 heterocycles. The van der Waals surface area contributed by atoms with Crippen molar-refractivity contribution in [2.45, 2.75) is 32.6 Å². The van der Waals surface area contributed by atoms with Crippen LogP contribution in [0.4, 0.5) is 0 Å². The highest BCUT2D eigenvalue weighted by Gasteiger charge is 2.27. The molecule has 1 aliphatic rings. The summed E-state index contributed by atoms with van der Waals surface area (Å²) < 4.78 is 3.91. The molecule has 0 unspecified atom stereocenters. The van der Waals surface area contributed by atoms with Crippen molar-refractivity contribution in [2.75, 3.05) is 0 Å². The molecule has 0 atom stereocenters. The summed E-state index contributed by atoms with van der Waals surface area (Å²) in [5, 5.41) is 6.74. The fourth-order valence-electron chi connectivity index (χ4n) is 7.37. The Bertz CT molecular complexity index is 2320. The third kappa shape index (κ3) is 3.31. The van der Waals surface area contributed by atoms with E-state index in [0.29, 0.717) is 0 Å². The number of unbranched alkanes of at least 4 members (excludes halogenated alkanes) is 2. The van der Waals surface area contributed by atoms with Gasteiger partial charge in [0.2, 0.25) is 0 Å². The van der Waals surface area contributed by atoms with Crippen molar-refractivity contribution in [2.24, 2.45) is 0 Å². The Morgan fingerprint density at radius 3 is 2.49 bits per heavy atom. The average molecular weight is 545 g/mol. The Morgan fingerprint density at radius 2 is 1.56 bits per heavy atom. The lowest BCUT2D eigenvalue weighted by Crippen LogP contribution is -2.37. The number of aromatic nitrogens is 2. The van der Waals surface area contributed by atoms with Crippen LogP contribution in [0.2, 0.25) is 0 Å². The first-order chi connectivity index (χ1) is 20.3. The van der Waals surface area contributed by atoms with E-state index in [9.17, 15) is 0 Å². The molecular formula is C37H29BN2S. The summed E-state index contributed by atoms with van der Waals surface area (Å²) in [5.74, 6) is 0.